The monoisotopic (exact) mass is 399 g/mol. The quantitative estimate of drug-likeness (QED) is 0.416. The molecule has 4 aromatic rings. The highest BCUT2D eigenvalue weighted by Crippen LogP contribution is 2.38. The molecule has 1 N–H and O–H groups in total. The number of nitrogens with one attached hydrogen (secondary N) is 1. The Morgan fingerprint density at radius 3 is 2.59 bits per heavy atom. The van der Waals surface area contributed by atoms with Gasteiger partial charge in [0.15, 0.2) is 5.78 Å². The molecule has 2 aromatic heterocycles. The first-order valence-electron chi connectivity index (χ1n) is 9.91. The van der Waals surface area contributed by atoms with Crippen LogP contribution >= 0.6 is 11.3 Å². The van der Waals surface area contributed by atoms with E-state index in [1.54, 1.807) is 24.6 Å². The van der Waals surface area contributed by atoms with Crippen LogP contribution in [0.25, 0.3) is 21.3 Å². The minimum atomic E-state index is 0.0634. The SMILES string of the molecule is CC(=O)c1ccc(Nc2ncnc3scc(-c4ccc5c(c4)CCCC5)c23)cc1. The summed E-state index contributed by atoms with van der Waals surface area (Å²) < 4.78 is 0. The van der Waals surface area contributed by atoms with Gasteiger partial charge in [-0.2, -0.15) is 0 Å². The van der Waals surface area contributed by atoms with Crippen LogP contribution in [0.5, 0.6) is 0 Å². The number of hydrogen-bond acceptors (Lipinski definition) is 5. The Bertz CT molecular complexity index is 1210. The third-order valence-electron chi connectivity index (χ3n) is 5.58. The summed E-state index contributed by atoms with van der Waals surface area (Å²) in [7, 11) is 0. The molecule has 29 heavy (non-hydrogen) atoms. The molecule has 0 unspecified atom stereocenters. The summed E-state index contributed by atoms with van der Waals surface area (Å²) in [6.07, 6.45) is 6.51. The first-order valence-corrected chi connectivity index (χ1v) is 10.8. The first kappa shape index (κ1) is 18.0. The van der Waals surface area contributed by atoms with Crippen molar-refractivity contribution in [2.45, 2.75) is 32.6 Å². The molecule has 0 radical (unpaired) electrons. The lowest BCUT2D eigenvalue weighted by Gasteiger charge is -2.16. The molecule has 0 aliphatic heterocycles. The second-order valence-electron chi connectivity index (χ2n) is 7.50. The normalized spacial score (nSPS) is 13.3. The van der Waals surface area contributed by atoms with Gasteiger partial charge in [0, 0.05) is 22.2 Å². The van der Waals surface area contributed by atoms with Crippen molar-refractivity contribution in [2.75, 3.05) is 5.32 Å². The number of benzene rings is 2. The number of fused-ring (bicyclic) bond motifs is 2. The number of thiophene rings is 1. The molecule has 0 fully saturated rings. The Hall–Kier alpha value is -3.05. The first-order chi connectivity index (χ1) is 14.2. The Balaban J connectivity index is 1.56. The van der Waals surface area contributed by atoms with E-state index in [-0.39, 0.29) is 5.78 Å². The molecule has 4 nitrogen and oxygen atoms in total. The predicted octanol–water partition coefficient (Wildman–Crippen LogP) is 6.18. The van der Waals surface area contributed by atoms with Gasteiger partial charge in [-0.25, -0.2) is 9.97 Å². The average Bonchev–Trinajstić information content (AvgIpc) is 3.19. The molecule has 0 atom stereocenters. The van der Waals surface area contributed by atoms with Crippen molar-refractivity contribution in [2.24, 2.45) is 0 Å². The van der Waals surface area contributed by atoms with Crippen molar-refractivity contribution in [3.05, 3.63) is 70.9 Å². The van der Waals surface area contributed by atoms with Gasteiger partial charge in [-0.05, 0) is 73.6 Å². The van der Waals surface area contributed by atoms with Crippen molar-refractivity contribution in [3.8, 4) is 11.1 Å². The maximum Gasteiger partial charge on any atom is 0.159 e. The van der Waals surface area contributed by atoms with E-state index in [0.29, 0.717) is 5.56 Å². The molecule has 5 rings (SSSR count). The molecule has 2 aromatic carbocycles. The van der Waals surface area contributed by atoms with Gasteiger partial charge in [0.25, 0.3) is 0 Å². The van der Waals surface area contributed by atoms with Crippen LogP contribution in [-0.2, 0) is 12.8 Å². The molecule has 144 valence electrons. The molecule has 1 aliphatic carbocycles. The second-order valence-corrected chi connectivity index (χ2v) is 8.36. The predicted molar refractivity (Wildman–Crippen MR) is 119 cm³/mol. The number of anilines is 2. The number of nitrogens with zero attached hydrogens (tertiary/aromatic N) is 2. The number of aryl methyl sites for hydroxylation is 2. The molecule has 0 spiro atoms. The topological polar surface area (TPSA) is 54.9 Å². The van der Waals surface area contributed by atoms with E-state index in [9.17, 15) is 4.79 Å². The maximum absolute atomic E-state index is 11.5. The molecule has 5 heteroatoms. The Labute approximate surface area is 173 Å². The number of Topliss-reactive ketones (excluding diaryl/α,β-unsaturated/α-hetero) is 1. The summed E-state index contributed by atoms with van der Waals surface area (Å²) in [5.74, 6) is 0.855. The van der Waals surface area contributed by atoms with Gasteiger partial charge in [0.2, 0.25) is 0 Å². The lowest BCUT2D eigenvalue weighted by molar-refractivity contribution is 0.101. The van der Waals surface area contributed by atoms with Crippen molar-refractivity contribution in [1.82, 2.24) is 9.97 Å². The Morgan fingerprint density at radius 2 is 1.79 bits per heavy atom. The zero-order valence-corrected chi connectivity index (χ0v) is 17.1. The lowest BCUT2D eigenvalue weighted by Crippen LogP contribution is -2.02. The minimum Gasteiger partial charge on any atom is -0.340 e. The molecular formula is C24H21N3OS. The summed E-state index contributed by atoms with van der Waals surface area (Å²) in [5, 5.41) is 6.64. The van der Waals surface area contributed by atoms with E-state index in [1.165, 1.54) is 41.5 Å². The van der Waals surface area contributed by atoms with Crippen LogP contribution in [0.2, 0.25) is 0 Å². The minimum absolute atomic E-state index is 0.0634. The van der Waals surface area contributed by atoms with Crippen molar-refractivity contribution in [3.63, 3.8) is 0 Å². The fourth-order valence-corrected chi connectivity index (χ4v) is 4.92. The summed E-state index contributed by atoms with van der Waals surface area (Å²) >= 11 is 1.64. The number of carbonyl (C=O) groups is 1. The van der Waals surface area contributed by atoms with E-state index in [2.05, 4.69) is 38.9 Å². The summed E-state index contributed by atoms with van der Waals surface area (Å²) in [5.41, 5.74) is 6.95. The fraction of sp³-hybridized carbons (Fsp3) is 0.208. The second kappa shape index (κ2) is 7.41. The van der Waals surface area contributed by atoms with Gasteiger partial charge in [0.05, 0.1) is 5.39 Å². The molecule has 2 heterocycles. The highest BCUT2D eigenvalue weighted by molar-refractivity contribution is 7.17. The van der Waals surface area contributed by atoms with Gasteiger partial charge in [-0.15, -0.1) is 11.3 Å². The Morgan fingerprint density at radius 1 is 1.00 bits per heavy atom. The summed E-state index contributed by atoms with van der Waals surface area (Å²) in [4.78, 5) is 21.5. The van der Waals surface area contributed by atoms with E-state index in [1.807, 2.05) is 24.3 Å². The average molecular weight is 400 g/mol. The third kappa shape index (κ3) is 3.42. The van der Waals surface area contributed by atoms with Gasteiger partial charge >= 0.3 is 0 Å². The number of carbonyl (C=O) groups excluding carboxylic acids is 1. The third-order valence-corrected chi connectivity index (χ3v) is 6.47. The van der Waals surface area contributed by atoms with Crippen LogP contribution in [-0.4, -0.2) is 15.8 Å². The van der Waals surface area contributed by atoms with E-state index in [4.69, 9.17) is 0 Å². The Kier molecular flexibility index (Phi) is 4.60. The van der Waals surface area contributed by atoms with Gasteiger partial charge in [0.1, 0.15) is 17.0 Å². The molecule has 1 aliphatic rings. The fourth-order valence-electron chi connectivity index (χ4n) is 4.01. The highest BCUT2D eigenvalue weighted by Gasteiger charge is 2.16. The van der Waals surface area contributed by atoms with E-state index < -0.39 is 0 Å². The van der Waals surface area contributed by atoms with Crippen LogP contribution in [0.1, 0.15) is 41.3 Å². The largest absolute Gasteiger partial charge is 0.340 e. The maximum atomic E-state index is 11.5. The molecule has 0 saturated carbocycles. The zero-order valence-electron chi connectivity index (χ0n) is 16.2. The lowest BCUT2D eigenvalue weighted by atomic mass is 9.89. The van der Waals surface area contributed by atoms with Crippen molar-refractivity contribution < 1.29 is 4.79 Å². The molecule has 0 bridgehead atoms. The van der Waals surface area contributed by atoms with Gasteiger partial charge < -0.3 is 5.32 Å². The van der Waals surface area contributed by atoms with Crippen molar-refractivity contribution >= 4 is 38.8 Å². The summed E-state index contributed by atoms with van der Waals surface area (Å²) in [6, 6.07) is 14.3. The van der Waals surface area contributed by atoms with Gasteiger partial charge in [-0.3, -0.25) is 4.79 Å². The number of rotatable bonds is 4. The highest BCUT2D eigenvalue weighted by atomic mass is 32.1. The van der Waals surface area contributed by atoms with Crippen LogP contribution < -0.4 is 5.32 Å². The molecular weight excluding hydrogens is 378 g/mol. The molecule has 0 amide bonds. The van der Waals surface area contributed by atoms with Crippen LogP contribution in [0, 0.1) is 0 Å². The van der Waals surface area contributed by atoms with E-state index in [0.717, 1.165) is 28.1 Å². The van der Waals surface area contributed by atoms with Crippen LogP contribution in [0.4, 0.5) is 11.5 Å². The smallest absolute Gasteiger partial charge is 0.159 e. The molecule has 0 saturated heterocycles. The number of ketones is 1. The number of aromatic nitrogens is 2. The summed E-state index contributed by atoms with van der Waals surface area (Å²) in [6.45, 7) is 1.58. The van der Waals surface area contributed by atoms with E-state index >= 15 is 0 Å². The van der Waals surface area contributed by atoms with Gasteiger partial charge in [-0.1, -0.05) is 18.2 Å². The number of hydrogen-bond donors (Lipinski definition) is 1. The standard InChI is InChI=1S/C24H21N3OS/c1-15(28)16-8-10-20(11-9-16)27-23-22-21(13-29-24(22)26-14-25-23)19-7-6-17-4-2-3-5-18(17)12-19/h6-14H,2-5H2,1H3,(H,25,26,27). The zero-order chi connectivity index (χ0) is 19.8. The van der Waals surface area contributed by atoms with Crippen LogP contribution in [0.15, 0.2) is 54.2 Å². The van der Waals surface area contributed by atoms with Crippen molar-refractivity contribution in [1.29, 1.82) is 0 Å². The van der Waals surface area contributed by atoms with Crippen LogP contribution in [0.3, 0.4) is 0 Å².